The Balaban J connectivity index is 3.56. The fourth-order valence-corrected chi connectivity index (χ4v) is 2.30. The van der Waals surface area contributed by atoms with Gasteiger partial charge in [-0.05, 0) is 24.8 Å². The summed E-state index contributed by atoms with van der Waals surface area (Å²) in [5.74, 6) is 0. The van der Waals surface area contributed by atoms with Gasteiger partial charge in [0.1, 0.15) is 0 Å². The second-order valence-electron chi connectivity index (χ2n) is 5.91. The molecule has 0 aromatic carbocycles. The van der Waals surface area contributed by atoms with Crippen molar-refractivity contribution in [3.63, 3.8) is 0 Å². The van der Waals surface area contributed by atoms with E-state index in [1.54, 1.807) is 0 Å². The largest absolute Gasteiger partial charge is 0.316 e. The molecule has 0 spiro atoms. The summed E-state index contributed by atoms with van der Waals surface area (Å²) in [4.78, 5) is 0. The number of rotatable bonds is 13. The van der Waals surface area contributed by atoms with E-state index in [9.17, 15) is 0 Å². The minimum atomic E-state index is 0.290. The molecule has 0 aromatic heterocycles. The van der Waals surface area contributed by atoms with E-state index in [4.69, 9.17) is 0 Å². The van der Waals surface area contributed by atoms with Gasteiger partial charge in [-0.2, -0.15) is 0 Å². The first-order chi connectivity index (χ1) is 8.68. The fraction of sp³-hybridized carbons (Fsp3) is 0.882. The summed E-state index contributed by atoms with van der Waals surface area (Å²) in [6.07, 6.45) is 14.4. The van der Waals surface area contributed by atoms with Crippen LogP contribution >= 0.6 is 0 Å². The number of nitrogens with one attached hydrogen (secondary N) is 1. The third kappa shape index (κ3) is 9.70. The Bertz CT molecular complexity index is 188. The van der Waals surface area contributed by atoms with Gasteiger partial charge in [-0.1, -0.05) is 71.8 Å². The van der Waals surface area contributed by atoms with Crippen LogP contribution in [0, 0.1) is 5.41 Å². The van der Waals surface area contributed by atoms with Gasteiger partial charge in [0.05, 0.1) is 0 Å². The maximum Gasteiger partial charge on any atom is 0.00397 e. The smallest absolute Gasteiger partial charge is 0.00397 e. The highest BCUT2D eigenvalue weighted by atomic mass is 14.9. The van der Waals surface area contributed by atoms with Gasteiger partial charge >= 0.3 is 0 Å². The lowest BCUT2D eigenvalue weighted by molar-refractivity contribution is 0.348. The van der Waals surface area contributed by atoms with E-state index in [0.717, 1.165) is 13.1 Å². The van der Waals surface area contributed by atoms with Gasteiger partial charge in [-0.25, -0.2) is 0 Å². The molecular weight excluding hydrogens is 218 g/mol. The average molecular weight is 253 g/mol. The van der Waals surface area contributed by atoms with Crippen molar-refractivity contribution < 1.29 is 0 Å². The topological polar surface area (TPSA) is 12.0 Å². The van der Waals surface area contributed by atoms with E-state index >= 15 is 0 Å². The molecule has 0 saturated carbocycles. The zero-order chi connectivity index (χ0) is 13.7. The van der Waals surface area contributed by atoms with E-state index in [1.807, 2.05) is 0 Å². The van der Waals surface area contributed by atoms with Crippen LogP contribution in [0.3, 0.4) is 0 Å². The second-order valence-corrected chi connectivity index (χ2v) is 5.91. The first-order valence-corrected chi connectivity index (χ1v) is 8.03. The molecule has 0 radical (unpaired) electrons. The molecule has 0 aliphatic heterocycles. The zero-order valence-corrected chi connectivity index (χ0v) is 13.1. The summed E-state index contributed by atoms with van der Waals surface area (Å²) >= 11 is 0. The van der Waals surface area contributed by atoms with Crippen molar-refractivity contribution in [1.82, 2.24) is 5.32 Å². The lowest BCUT2D eigenvalue weighted by Crippen LogP contribution is -2.30. The van der Waals surface area contributed by atoms with Crippen molar-refractivity contribution in [3.05, 3.63) is 12.7 Å². The van der Waals surface area contributed by atoms with Crippen LogP contribution < -0.4 is 5.32 Å². The third-order valence-corrected chi connectivity index (χ3v) is 3.80. The van der Waals surface area contributed by atoms with Crippen molar-refractivity contribution in [2.45, 2.75) is 78.6 Å². The Hall–Kier alpha value is -0.300. The molecule has 0 aliphatic rings. The van der Waals surface area contributed by atoms with E-state index in [-0.39, 0.29) is 0 Å². The van der Waals surface area contributed by atoms with Crippen LogP contribution in [0.5, 0.6) is 0 Å². The lowest BCUT2D eigenvalue weighted by Gasteiger charge is -2.26. The standard InChI is InChI=1S/C17H35N/c1-5-8-9-10-11-12-13-14-17(4,7-3)16-18-15-6-2/h7,18H,3,5-6,8-16H2,1-2,4H3. The maximum absolute atomic E-state index is 4.01. The predicted octanol–water partition coefficient (Wildman–Crippen LogP) is 5.32. The van der Waals surface area contributed by atoms with Gasteiger partial charge in [0, 0.05) is 6.54 Å². The van der Waals surface area contributed by atoms with E-state index < -0.39 is 0 Å². The normalized spacial score (nSPS) is 14.4. The number of unbranched alkanes of at least 4 members (excludes halogenated alkanes) is 6. The molecule has 0 fully saturated rings. The first-order valence-electron chi connectivity index (χ1n) is 8.03. The Morgan fingerprint density at radius 3 is 2.11 bits per heavy atom. The van der Waals surface area contributed by atoms with Crippen LogP contribution in [-0.4, -0.2) is 13.1 Å². The minimum Gasteiger partial charge on any atom is -0.316 e. The SMILES string of the molecule is C=CC(C)(CCCCCCCCC)CNCCC. The van der Waals surface area contributed by atoms with Crippen LogP contribution in [0.2, 0.25) is 0 Å². The minimum absolute atomic E-state index is 0.290. The van der Waals surface area contributed by atoms with Gasteiger partial charge < -0.3 is 5.32 Å². The summed E-state index contributed by atoms with van der Waals surface area (Å²) in [6.45, 7) is 13.0. The molecule has 1 heteroatoms. The van der Waals surface area contributed by atoms with E-state index in [0.29, 0.717) is 5.41 Å². The highest BCUT2D eigenvalue weighted by Crippen LogP contribution is 2.25. The molecule has 1 unspecified atom stereocenters. The summed E-state index contributed by atoms with van der Waals surface area (Å²) in [5, 5.41) is 3.52. The summed E-state index contributed by atoms with van der Waals surface area (Å²) in [6, 6.07) is 0. The van der Waals surface area contributed by atoms with Crippen LogP contribution in [0.1, 0.15) is 78.6 Å². The molecule has 0 saturated heterocycles. The Morgan fingerprint density at radius 1 is 0.944 bits per heavy atom. The molecule has 0 aromatic rings. The van der Waals surface area contributed by atoms with Crippen LogP contribution in [0.4, 0.5) is 0 Å². The van der Waals surface area contributed by atoms with Crippen molar-refractivity contribution in [2.75, 3.05) is 13.1 Å². The molecule has 18 heavy (non-hydrogen) atoms. The predicted molar refractivity (Wildman–Crippen MR) is 84.1 cm³/mol. The van der Waals surface area contributed by atoms with Crippen LogP contribution in [0.15, 0.2) is 12.7 Å². The molecule has 1 atom stereocenters. The third-order valence-electron chi connectivity index (χ3n) is 3.80. The highest BCUT2D eigenvalue weighted by Gasteiger charge is 2.18. The molecule has 108 valence electrons. The van der Waals surface area contributed by atoms with Crippen molar-refractivity contribution in [1.29, 1.82) is 0 Å². The maximum atomic E-state index is 4.01. The Labute approximate surface area is 115 Å². The van der Waals surface area contributed by atoms with Crippen molar-refractivity contribution in [2.24, 2.45) is 5.41 Å². The van der Waals surface area contributed by atoms with Gasteiger partial charge in [-0.3, -0.25) is 0 Å². The molecule has 0 heterocycles. The number of hydrogen-bond acceptors (Lipinski definition) is 1. The van der Waals surface area contributed by atoms with Gasteiger partial charge in [0.25, 0.3) is 0 Å². The van der Waals surface area contributed by atoms with Gasteiger partial charge in [-0.15, -0.1) is 6.58 Å². The molecular formula is C17H35N. The van der Waals surface area contributed by atoms with E-state index in [2.05, 4.69) is 38.7 Å². The number of hydrogen-bond donors (Lipinski definition) is 1. The lowest BCUT2D eigenvalue weighted by atomic mass is 9.84. The van der Waals surface area contributed by atoms with E-state index in [1.165, 1.54) is 57.8 Å². The molecule has 1 N–H and O–H groups in total. The highest BCUT2D eigenvalue weighted by molar-refractivity contribution is 4.92. The molecule has 0 rings (SSSR count). The summed E-state index contributed by atoms with van der Waals surface area (Å²) in [5.41, 5.74) is 0.290. The summed E-state index contributed by atoms with van der Waals surface area (Å²) < 4.78 is 0. The summed E-state index contributed by atoms with van der Waals surface area (Å²) in [7, 11) is 0. The average Bonchev–Trinajstić information content (AvgIpc) is 2.38. The fourth-order valence-electron chi connectivity index (χ4n) is 2.30. The molecule has 0 amide bonds. The molecule has 0 aliphatic carbocycles. The van der Waals surface area contributed by atoms with Crippen LogP contribution in [-0.2, 0) is 0 Å². The molecule has 1 nitrogen and oxygen atoms in total. The quantitative estimate of drug-likeness (QED) is 0.346. The molecule has 0 bridgehead atoms. The Kier molecular flexibility index (Phi) is 11.6. The Morgan fingerprint density at radius 2 is 1.56 bits per heavy atom. The van der Waals surface area contributed by atoms with Crippen LogP contribution in [0.25, 0.3) is 0 Å². The van der Waals surface area contributed by atoms with Crippen molar-refractivity contribution in [3.8, 4) is 0 Å². The van der Waals surface area contributed by atoms with Gasteiger partial charge in [0.15, 0.2) is 0 Å². The monoisotopic (exact) mass is 253 g/mol. The zero-order valence-electron chi connectivity index (χ0n) is 13.1. The first kappa shape index (κ1) is 17.7. The van der Waals surface area contributed by atoms with Crippen molar-refractivity contribution >= 4 is 0 Å². The second kappa shape index (κ2) is 11.8. The van der Waals surface area contributed by atoms with Gasteiger partial charge in [0.2, 0.25) is 0 Å².